The van der Waals surface area contributed by atoms with Gasteiger partial charge in [-0.25, -0.2) is 0 Å². The van der Waals surface area contributed by atoms with Crippen molar-refractivity contribution in [3.8, 4) is 11.1 Å². The lowest BCUT2D eigenvalue weighted by Gasteiger charge is -2.42. The zero-order valence-electron chi connectivity index (χ0n) is 30.1. The average molecular weight is 693 g/mol. The van der Waals surface area contributed by atoms with E-state index in [0.717, 1.165) is 77.8 Å². The summed E-state index contributed by atoms with van der Waals surface area (Å²) < 4.78 is 13.4. The van der Waals surface area contributed by atoms with Crippen molar-refractivity contribution >= 4 is 11.8 Å². The molecular weight excluding hydrogens is 640 g/mol. The number of aliphatic hydroxyl groups excluding tert-OH is 1. The number of hydrogen-bond donors (Lipinski definition) is 3. The number of carbonyl (C=O) groups is 2. The number of hydrogen-bond acceptors (Lipinski definition) is 7. The Labute approximate surface area is 302 Å². The molecular formula is C42H52N4O5. The maximum Gasteiger partial charge on any atom is 0.220 e. The van der Waals surface area contributed by atoms with Gasteiger partial charge in [-0.15, -0.1) is 0 Å². The topological polar surface area (TPSA) is 113 Å². The van der Waals surface area contributed by atoms with Gasteiger partial charge in [-0.1, -0.05) is 92.2 Å². The molecule has 4 aromatic rings. The SMILES string of the molecule is CC(=O)NCCCCCC(=O)NCc1ccccc1-c1ccc(C2OC(CN(C)CCc3ccccn3)C(C)C(c3ccc(CO)cc3)O2)cc1. The minimum absolute atomic E-state index is 0.000752. The summed E-state index contributed by atoms with van der Waals surface area (Å²) in [5.41, 5.74) is 7.09. The van der Waals surface area contributed by atoms with Gasteiger partial charge < -0.3 is 30.1 Å². The van der Waals surface area contributed by atoms with Gasteiger partial charge in [0, 0.05) is 69.3 Å². The summed E-state index contributed by atoms with van der Waals surface area (Å²) in [6.45, 7) is 6.39. The summed E-state index contributed by atoms with van der Waals surface area (Å²) in [5.74, 6) is 0.0869. The fourth-order valence-electron chi connectivity index (χ4n) is 6.49. The normalized spacial score (nSPS) is 18.8. The Hall–Kier alpha value is -4.41. The minimum atomic E-state index is -0.556. The molecule has 1 aliphatic rings. The standard InChI is InChI=1S/C42H52N4O5/c1-30-39(28-46(3)26-23-37-12-8-10-25-44-37)50-42(51-41(30)34-17-15-32(29-47)16-18-34)35-21-19-33(20-22-35)38-13-7-6-11-36(38)27-45-40(49)14-5-4-9-24-43-31(2)48/h6-8,10-13,15-22,25,30,39,41-42,47H,4-5,9,14,23-24,26-29H2,1-3H3,(H,43,48)(H,45,49). The van der Waals surface area contributed by atoms with Gasteiger partial charge in [-0.2, -0.15) is 0 Å². The van der Waals surface area contributed by atoms with Gasteiger partial charge in [-0.3, -0.25) is 14.6 Å². The lowest BCUT2D eigenvalue weighted by Crippen LogP contribution is -2.43. The van der Waals surface area contributed by atoms with E-state index in [2.05, 4.69) is 70.9 Å². The molecule has 4 unspecified atom stereocenters. The van der Waals surface area contributed by atoms with E-state index in [0.29, 0.717) is 19.5 Å². The van der Waals surface area contributed by atoms with Crippen LogP contribution in [0.1, 0.15) is 79.9 Å². The molecule has 51 heavy (non-hydrogen) atoms. The van der Waals surface area contributed by atoms with Gasteiger partial charge in [0.05, 0.1) is 18.8 Å². The molecule has 3 N–H and O–H groups in total. The predicted molar refractivity (Wildman–Crippen MR) is 199 cm³/mol. The monoisotopic (exact) mass is 692 g/mol. The Balaban J connectivity index is 1.25. The summed E-state index contributed by atoms with van der Waals surface area (Å²) in [6.07, 6.45) is 4.88. The Kier molecular flexibility index (Phi) is 14.3. The molecule has 9 nitrogen and oxygen atoms in total. The predicted octanol–water partition coefficient (Wildman–Crippen LogP) is 6.52. The van der Waals surface area contributed by atoms with E-state index in [9.17, 15) is 14.7 Å². The Bertz CT molecular complexity index is 1670. The van der Waals surface area contributed by atoms with Crippen LogP contribution in [0.2, 0.25) is 0 Å². The van der Waals surface area contributed by atoms with Crippen LogP contribution in [0.4, 0.5) is 0 Å². The largest absolute Gasteiger partial charge is 0.392 e. The molecule has 1 fully saturated rings. The van der Waals surface area contributed by atoms with Crippen molar-refractivity contribution in [2.24, 2.45) is 5.92 Å². The van der Waals surface area contributed by atoms with E-state index < -0.39 is 6.29 Å². The first-order valence-electron chi connectivity index (χ1n) is 18.1. The number of carbonyl (C=O) groups excluding carboxylic acids is 2. The quantitative estimate of drug-likeness (QED) is 0.108. The number of likely N-dealkylation sites (N-methyl/N-ethyl adjacent to an activating group) is 1. The van der Waals surface area contributed by atoms with Crippen LogP contribution >= 0.6 is 0 Å². The van der Waals surface area contributed by atoms with E-state index >= 15 is 0 Å². The van der Waals surface area contributed by atoms with Crippen molar-refractivity contribution in [1.82, 2.24) is 20.5 Å². The highest BCUT2D eigenvalue weighted by Crippen LogP contribution is 2.42. The molecule has 5 rings (SSSR count). The first-order valence-corrected chi connectivity index (χ1v) is 18.1. The molecule has 2 heterocycles. The number of aromatic nitrogens is 1. The molecule has 1 aliphatic heterocycles. The second-order valence-electron chi connectivity index (χ2n) is 13.5. The molecule has 4 atom stereocenters. The number of rotatable bonds is 17. The molecule has 9 heteroatoms. The van der Waals surface area contributed by atoms with Crippen LogP contribution < -0.4 is 10.6 Å². The number of unbranched alkanes of at least 4 members (excludes halogenated alkanes) is 2. The average Bonchev–Trinajstić information content (AvgIpc) is 3.16. The number of nitrogens with zero attached hydrogens (tertiary/aromatic N) is 2. The molecule has 0 bridgehead atoms. The molecule has 2 amide bonds. The van der Waals surface area contributed by atoms with E-state index in [1.807, 2.05) is 60.8 Å². The van der Waals surface area contributed by atoms with Gasteiger partial charge in [0.1, 0.15) is 0 Å². The van der Waals surface area contributed by atoms with Gasteiger partial charge in [-0.05, 0) is 59.8 Å². The Morgan fingerprint density at radius 2 is 1.61 bits per heavy atom. The third-order valence-corrected chi connectivity index (χ3v) is 9.53. The van der Waals surface area contributed by atoms with Gasteiger partial charge in [0.2, 0.25) is 11.8 Å². The summed E-state index contributed by atoms with van der Waals surface area (Å²) in [7, 11) is 2.12. The van der Waals surface area contributed by atoms with Crippen molar-refractivity contribution in [3.63, 3.8) is 0 Å². The molecule has 1 aromatic heterocycles. The highest BCUT2D eigenvalue weighted by molar-refractivity contribution is 5.76. The van der Waals surface area contributed by atoms with Gasteiger partial charge >= 0.3 is 0 Å². The van der Waals surface area contributed by atoms with Crippen LogP contribution in [0.15, 0.2) is 97.2 Å². The molecule has 270 valence electrons. The second kappa shape index (κ2) is 19.3. The van der Waals surface area contributed by atoms with E-state index in [1.165, 1.54) is 6.92 Å². The fraction of sp³-hybridized carbons (Fsp3) is 0.405. The lowest BCUT2D eigenvalue weighted by atomic mass is 9.90. The van der Waals surface area contributed by atoms with Crippen molar-refractivity contribution in [2.75, 3.05) is 26.7 Å². The van der Waals surface area contributed by atoms with Crippen LogP contribution in [0.5, 0.6) is 0 Å². The zero-order valence-corrected chi connectivity index (χ0v) is 30.1. The number of amides is 2. The smallest absolute Gasteiger partial charge is 0.220 e. The molecule has 0 aliphatic carbocycles. The van der Waals surface area contributed by atoms with E-state index in [-0.39, 0.29) is 36.5 Å². The van der Waals surface area contributed by atoms with Crippen LogP contribution in [0, 0.1) is 5.92 Å². The van der Waals surface area contributed by atoms with E-state index in [4.69, 9.17) is 9.47 Å². The molecule has 1 saturated heterocycles. The third-order valence-electron chi connectivity index (χ3n) is 9.53. The molecule has 0 spiro atoms. The van der Waals surface area contributed by atoms with Crippen LogP contribution in [-0.2, 0) is 38.6 Å². The maximum atomic E-state index is 12.6. The maximum absolute atomic E-state index is 12.6. The summed E-state index contributed by atoms with van der Waals surface area (Å²) in [4.78, 5) is 30.4. The van der Waals surface area contributed by atoms with E-state index in [1.54, 1.807) is 0 Å². The Morgan fingerprint density at radius 3 is 2.33 bits per heavy atom. The number of pyridine rings is 1. The minimum Gasteiger partial charge on any atom is -0.392 e. The zero-order chi connectivity index (χ0) is 36.0. The number of aliphatic hydroxyl groups is 1. The van der Waals surface area contributed by atoms with Crippen molar-refractivity contribution in [1.29, 1.82) is 0 Å². The summed E-state index contributed by atoms with van der Waals surface area (Å²) >= 11 is 0. The van der Waals surface area contributed by atoms with Crippen LogP contribution in [-0.4, -0.2) is 59.6 Å². The molecule has 0 saturated carbocycles. The second-order valence-corrected chi connectivity index (χ2v) is 13.5. The van der Waals surface area contributed by atoms with Gasteiger partial charge in [0.25, 0.3) is 0 Å². The lowest BCUT2D eigenvalue weighted by molar-refractivity contribution is -0.275. The molecule has 3 aromatic carbocycles. The van der Waals surface area contributed by atoms with Gasteiger partial charge in [0.15, 0.2) is 6.29 Å². The van der Waals surface area contributed by atoms with Crippen molar-refractivity contribution < 1.29 is 24.2 Å². The molecule has 0 radical (unpaired) electrons. The van der Waals surface area contributed by atoms with Crippen LogP contribution in [0.25, 0.3) is 11.1 Å². The van der Waals surface area contributed by atoms with Crippen molar-refractivity contribution in [2.45, 2.75) is 77.6 Å². The summed E-state index contributed by atoms with van der Waals surface area (Å²) in [6, 6.07) is 30.5. The highest BCUT2D eigenvalue weighted by Gasteiger charge is 2.38. The number of nitrogens with one attached hydrogen (secondary N) is 2. The number of ether oxygens (including phenoxy) is 2. The van der Waals surface area contributed by atoms with Crippen molar-refractivity contribution in [3.05, 3.63) is 125 Å². The van der Waals surface area contributed by atoms with Crippen LogP contribution in [0.3, 0.4) is 0 Å². The first-order chi connectivity index (χ1) is 24.8. The Morgan fingerprint density at radius 1 is 0.863 bits per heavy atom. The first kappa shape index (κ1) is 37.8. The summed E-state index contributed by atoms with van der Waals surface area (Å²) in [5, 5.41) is 15.5. The number of benzene rings is 3. The third kappa shape index (κ3) is 11.3. The highest BCUT2D eigenvalue weighted by atomic mass is 16.7. The fourth-order valence-corrected chi connectivity index (χ4v) is 6.49.